The smallest absolute Gasteiger partial charge is 0.252 e. The second kappa shape index (κ2) is 12.4. The van der Waals surface area contributed by atoms with Crippen LogP contribution in [0.2, 0.25) is 0 Å². The number of carbonyl (C=O) groups is 1. The summed E-state index contributed by atoms with van der Waals surface area (Å²) in [4.78, 5) is 42.0. The first-order valence-electron chi connectivity index (χ1n) is 13.6. The monoisotopic (exact) mass is 494 g/mol. The lowest BCUT2D eigenvalue weighted by Gasteiger charge is -2.37. The van der Waals surface area contributed by atoms with Gasteiger partial charge in [0.25, 0.3) is 5.56 Å². The van der Waals surface area contributed by atoms with Crippen molar-refractivity contribution in [3.63, 3.8) is 0 Å². The van der Waals surface area contributed by atoms with Crippen LogP contribution in [0.4, 0.5) is 11.6 Å². The molecular weight excluding hydrogens is 452 g/mol. The van der Waals surface area contributed by atoms with Crippen LogP contribution in [0.3, 0.4) is 0 Å². The Morgan fingerprint density at radius 1 is 0.972 bits per heavy atom. The maximum atomic E-state index is 13.0. The molecular formula is C28H42N6O2. The van der Waals surface area contributed by atoms with Crippen molar-refractivity contribution in [2.45, 2.75) is 53.0 Å². The van der Waals surface area contributed by atoms with Crippen LogP contribution >= 0.6 is 0 Å². The molecule has 36 heavy (non-hydrogen) atoms. The Bertz CT molecular complexity index is 1040. The number of benzene rings is 1. The molecule has 1 aromatic heterocycles. The molecule has 1 atom stereocenters. The highest BCUT2D eigenvalue weighted by Gasteiger charge is 2.27. The van der Waals surface area contributed by atoms with E-state index in [1.54, 1.807) is 6.07 Å². The molecule has 2 aliphatic heterocycles. The molecule has 8 heteroatoms. The zero-order valence-electron chi connectivity index (χ0n) is 22.2. The van der Waals surface area contributed by atoms with Gasteiger partial charge in [0.1, 0.15) is 0 Å². The van der Waals surface area contributed by atoms with E-state index in [9.17, 15) is 9.59 Å². The molecule has 0 spiro atoms. The predicted molar refractivity (Wildman–Crippen MR) is 146 cm³/mol. The van der Waals surface area contributed by atoms with Crippen molar-refractivity contribution < 1.29 is 4.79 Å². The first-order valence-corrected chi connectivity index (χ1v) is 13.6. The summed E-state index contributed by atoms with van der Waals surface area (Å²) in [6.45, 7) is 13.6. The van der Waals surface area contributed by atoms with E-state index in [4.69, 9.17) is 4.98 Å². The SMILES string of the molecule is CCCC[C@H](CC)C(=O)N1CCN(c2nc(CN3CCN(c4ccc(C)cc4)CC3)cc(=O)[nH]2)CC1. The van der Waals surface area contributed by atoms with E-state index < -0.39 is 0 Å². The normalized spacial score (nSPS) is 17.9. The van der Waals surface area contributed by atoms with Crippen LogP contribution in [0.1, 0.15) is 50.8 Å². The van der Waals surface area contributed by atoms with Gasteiger partial charge in [-0.1, -0.05) is 44.4 Å². The molecule has 0 aliphatic carbocycles. The zero-order valence-corrected chi connectivity index (χ0v) is 22.2. The summed E-state index contributed by atoms with van der Waals surface area (Å²) in [5.74, 6) is 1.04. The number of aromatic amines is 1. The summed E-state index contributed by atoms with van der Waals surface area (Å²) in [5.41, 5.74) is 3.24. The first-order chi connectivity index (χ1) is 17.5. The number of nitrogens with one attached hydrogen (secondary N) is 1. The summed E-state index contributed by atoms with van der Waals surface area (Å²) < 4.78 is 0. The Morgan fingerprint density at radius 2 is 1.64 bits per heavy atom. The lowest BCUT2D eigenvalue weighted by Crippen LogP contribution is -2.51. The van der Waals surface area contributed by atoms with Gasteiger partial charge in [0.15, 0.2) is 0 Å². The average Bonchev–Trinajstić information content (AvgIpc) is 2.90. The third kappa shape index (κ3) is 6.66. The molecule has 8 nitrogen and oxygen atoms in total. The number of amides is 1. The van der Waals surface area contributed by atoms with E-state index in [-0.39, 0.29) is 17.4 Å². The van der Waals surface area contributed by atoms with E-state index >= 15 is 0 Å². The lowest BCUT2D eigenvalue weighted by atomic mass is 9.97. The molecule has 2 aliphatic rings. The Morgan fingerprint density at radius 3 is 2.28 bits per heavy atom. The topological polar surface area (TPSA) is 75.8 Å². The number of piperazine rings is 2. The fraction of sp³-hybridized carbons (Fsp3) is 0.607. The van der Waals surface area contributed by atoms with Gasteiger partial charge in [-0.05, 0) is 31.9 Å². The molecule has 2 fully saturated rings. The van der Waals surface area contributed by atoms with Crippen LogP contribution in [0.15, 0.2) is 35.1 Å². The van der Waals surface area contributed by atoms with Gasteiger partial charge in [-0.25, -0.2) is 4.98 Å². The highest BCUT2D eigenvalue weighted by atomic mass is 16.2. The molecule has 2 aromatic rings. The summed E-state index contributed by atoms with van der Waals surface area (Å²) in [7, 11) is 0. The second-order valence-electron chi connectivity index (χ2n) is 10.2. The van der Waals surface area contributed by atoms with E-state index in [0.29, 0.717) is 38.7 Å². The minimum absolute atomic E-state index is 0.114. The Labute approximate surface area is 215 Å². The van der Waals surface area contributed by atoms with Crippen molar-refractivity contribution in [1.29, 1.82) is 0 Å². The fourth-order valence-electron chi connectivity index (χ4n) is 5.22. The summed E-state index contributed by atoms with van der Waals surface area (Å²) in [6, 6.07) is 10.3. The Balaban J connectivity index is 1.31. The van der Waals surface area contributed by atoms with Crippen LogP contribution in [-0.2, 0) is 11.3 Å². The number of aromatic nitrogens is 2. The third-order valence-electron chi connectivity index (χ3n) is 7.58. The number of hydrogen-bond donors (Lipinski definition) is 1. The van der Waals surface area contributed by atoms with Gasteiger partial charge in [0.05, 0.1) is 5.69 Å². The largest absolute Gasteiger partial charge is 0.369 e. The minimum Gasteiger partial charge on any atom is -0.369 e. The van der Waals surface area contributed by atoms with Crippen molar-refractivity contribution in [2.24, 2.45) is 5.92 Å². The van der Waals surface area contributed by atoms with Crippen LogP contribution in [0, 0.1) is 12.8 Å². The molecule has 0 saturated carbocycles. The van der Waals surface area contributed by atoms with Crippen LogP contribution in [0.25, 0.3) is 0 Å². The lowest BCUT2D eigenvalue weighted by molar-refractivity contribution is -0.136. The molecule has 3 heterocycles. The fourth-order valence-corrected chi connectivity index (χ4v) is 5.22. The number of hydrogen-bond acceptors (Lipinski definition) is 6. The predicted octanol–water partition coefficient (Wildman–Crippen LogP) is 3.27. The molecule has 2 saturated heterocycles. The van der Waals surface area contributed by atoms with Crippen molar-refractivity contribution in [2.75, 3.05) is 62.2 Å². The summed E-state index contributed by atoms with van der Waals surface area (Å²) >= 11 is 0. The number of carbonyl (C=O) groups excluding carboxylic acids is 1. The van der Waals surface area contributed by atoms with E-state index in [1.165, 1.54) is 11.3 Å². The number of unbranched alkanes of at least 4 members (excludes halogenated alkanes) is 1. The first kappa shape index (κ1) is 26.2. The number of aryl methyl sites for hydroxylation is 1. The highest BCUT2D eigenvalue weighted by Crippen LogP contribution is 2.20. The molecule has 0 bridgehead atoms. The highest BCUT2D eigenvalue weighted by molar-refractivity contribution is 5.79. The van der Waals surface area contributed by atoms with E-state index in [1.807, 2.05) is 4.90 Å². The van der Waals surface area contributed by atoms with Gasteiger partial charge < -0.3 is 14.7 Å². The van der Waals surface area contributed by atoms with E-state index in [2.05, 4.69) is 64.7 Å². The number of H-pyrrole nitrogens is 1. The maximum absolute atomic E-state index is 13.0. The molecule has 196 valence electrons. The van der Waals surface area contributed by atoms with Crippen LogP contribution < -0.4 is 15.4 Å². The average molecular weight is 495 g/mol. The number of rotatable bonds is 9. The molecule has 0 unspecified atom stereocenters. The Kier molecular flexibility index (Phi) is 9.02. The van der Waals surface area contributed by atoms with Crippen molar-refractivity contribution in [3.05, 3.63) is 51.9 Å². The summed E-state index contributed by atoms with van der Waals surface area (Å²) in [5, 5.41) is 0. The molecule has 1 amide bonds. The van der Waals surface area contributed by atoms with Gasteiger partial charge in [0, 0.05) is 76.6 Å². The molecule has 4 rings (SSSR count). The van der Waals surface area contributed by atoms with Crippen LogP contribution in [-0.4, -0.2) is 78.0 Å². The van der Waals surface area contributed by atoms with E-state index in [0.717, 1.165) is 57.6 Å². The van der Waals surface area contributed by atoms with Gasteiger partial charge in [-0.15, -0.1) is 0 Å². The quantitative estimate of drug-likeness (QED) is 0.577. The van der Waals surface area contributed by atoms with Crippen molar-refractivity contribution >= 4 is 17.5 Å². The van der Waals surface area contributed by atoms with Gasteiger partial charge in [0.2, 0.25) is 11.9 Å². The number of anilines is 2. The molecule has 0 radical (unpaired) electrons. The second-order valence-corrected chi connectivity index (χ2v) is 10.2. The van der Waals surface area contributed by atoms with Gasteiger partial charge in [-0.2, -0.15) is 0 Å². The minimum atomic E-state index is -0.114. The van der Waals surface area contributed by atoms with Crippen molar-refractivity contribution in [1.82, 2.24) is 19.8 Å². The Hall–Kier alpha value is -2.87. The maximum Gasteiger partial charge on any atom is 0.252 e. The molecule has 1 N–H and O–H groups in total. The number of nitrogens with zero attached hydrogens (tertiary/aromatic N) is 5. The molecule has 1 aromatic carbocycles. The standard InChI is InChI=1S/C28H42N6O2/c1-4-6-7-23(5-2)27(36)33-16-18-34(19-17-33)28-29-24(20-26(35)30-28)21-31-12-14-32(15-13-31)25-10-8-22(3)9-11-25/h8-11,20,23H,4-7,12-19,21H2,1-3H3,(H,29,30,35)/t23-/m0/s1. The van der Waals surface area contributed by atoms with Crippen LogP contribution in [0.5, 0.6) is 0 Å². The van der Waals surface area contributed by atoms with Gasteiger partial charge >= 0.3 is 0 Å². The zero-order chi connectivity index (χ0) is 25.5. The van der Waals surface area contributed by atoms with Gasteiger partial charge in [-0.3, -0.25) is 19.5 Å². The third-order valence-corrected chi connectivity index (χ3v) is 7.58. The van der Waals surface area contributed by atoms with Crippen molar-refractivity contribution in [3.8, 4) is 0 Å². The summed E-state index contributed by atoms with van der Waals surface area (Å²) in [6.07, 6.45) is 4.09.